The summed E-state index contributed by atoms with van der Waals surface area (Å²) in [4.78, 5) is 16.2. The highest BCUT2D eigenvalue weighted by Gasteiger charge is 2.33. The molecule has 0 aromatic carbocycles. The third kappa shape index (κ3) is 7.65. The van der Waals surface area contributed by atoms with Crippen molar-refractivity contribution in [1.82, 2.24) is 0 Å². The Morgan fingerprint density at radius 1 is 0.955 bits per heavy atom. The average Bonchev–Trinajstić information content (AvgIpc) is 2.80. The Kier molecular flexibility index (Phi) is 10.7. The van der Waals surface area contributed by atoms with Crippen molar-refractivity contribution in [3.05, 3.63) is 24.3 Å². The van der Waals surface area contributed by atoms with Crippen LogP contribution in [0.1, 0.15) is 47.0 Å². The van der Waals surface area contributed by atoms with Crippen LogP contribution in [0.3, 0.4) is 0 Å². The molecule has 0 saturated heterocycles. The minimum Gasteiger partial charge on any atom is -0.243 e. The number of carbonyl (C=O) groups excluding carboxylic acids is 2. The normalized spacial score (nSPS) is 29.5. The second-order valence-electron chi connectivity index (χ2n) is 6.45. The molecular weight excluding hydrogens is 286 g/mol. The molecule has 3 atom stereocenters. The molecule has 4 heteroatoms. The lowest BCUT2D eigenvalue weighted by Crippen LogP contribution is -2.23. The zero-order valence-corrected chi connectivity index (χ0v) is 14.0. The summed E-state index contributed by atoms with van der Waals surface area (Å²) in [6.07, 6.45) is 9.56. The number of halogens is 2. The number of hydrogen-bond acceptors (Lipinski definition) is 2. The molecule has 0 spiro atoms. The van der Waals surface area contributed by atoms with Gasteiger partial charge < -0.3 is 0 Å². The van der Waals surface area contributed by atoms with E-state index in [2.05, 4.69) is 26.0 Å². The first-order chi connectivity index (χ1) is 10.3. The van der Waals surface area contributed by atoms with Crippen LogP contribution < -0.4 is 0 Å². The molecule has 0 aromatic rings. The summed E-state index contributed by atoms with van der Waals surface area (Å²) in [6, 6.07) is 0. The quantitative estimate of drug-likeness (QED) is 0.678. The topological polar surface area (TPSA) is 34.1 Å². The average molecular weight is 314 g/mol. The molecule has 0 aromatic heterocycles. The summed E-state index contributed by atoms with van der Waals surface area (Å²) < 4.78 is 25.5. The molecule has 0 saturated carbocycles. The Hall–Kier alpha value is -1.28. The summed E-state index contributed by atoms with van der Waals surface area (Å²) in [5.41, 5.74) is 0. The molecule has 126 valence electrons. The van der Waals surface area contributed by atoms with Gasteiger partial charge in [0.25, 0.3) is 0 Å². The van der Waals surface area contributed by atoms with Crippen LogP contribution in [0.2, 0.25) is 0 Å². The molecule has 2 aliphatic carbocycles. The minimum absolute atomic E-state index is 0.0833. The Bertz CT molecular complexity index is 371. The zero-order valence-electron chi connectivity index (χ0n) is 14.0. The van der Waals surface area contributed by atoms with Crippen LogP contribution in [0.25, 0.3) is 0 Å². The van der Waals surface area contributed by atoms with Gasteiger partial charge in [0.2, 0.25) is 0 Å². The van der Waals surface area contributed by atoms with E-state index in [9.17, 15) is 8.78 Å². The molecule has 3 unspecified atom stereocenters. The molecule has 0 N–H and O–H groups in total. The van der Waals surface area contributed by atoms with Gasteiger partial charge in [-0.05, 0) is 37.0 Å². The van der Waals surface area contributed by atoms with Gasteiger partial charge in [-0.25, -0.2) is 8.78 Å². The number of hydrogen-bond donors (Lipinski definition) is 0. The first-order valence-electron chi connectivity index (χ1n) is 7.97. The van der Waals surface area contributed by atoms with Gasteiger partial charge in [0, 0.05) is 5.92 Å². The van der Waals surface area contributed by atoms with Crippen molar-refractivity contribution < 1.29 is 18.4 Å². The molecule has 2 nitrogen and oxygen atoms in total. The molecule has 0 bridgehead atoms. The van der Waals surface area contributed by atoms with Crippen LogP contribution in [0.15, 0.2) is 24.3 Å². The highest BCUT2D eigenvalue weighted by Crippen LogP contribution is 2.31. The predicted octanol–water partition coefficient (Wildman–Crippen LogP) is 4.92. The second kappa shape index (κ2) is 11.3. The van der Waals surface area contributed by atoms with E-state index < -0.39 is 18.3 Å². The fourth-order valence-corrected chi connectivity index (χ4v) is 2.77. The predicted molar refractivity (Wildman–Crippen MR) is 83.6 cm³/mol. The molecule has 0 aliphatic heterocycles. The number of rotatable bonds is 2. The van der Waals surface area contributed by atoms with Gasteiger partial charge >= 0.3 is 6.15 Å². The van der Waals surface area contributed by atoms with E-state index in [1.165, 1.54) is 31.4 Å². The molecule has 0 heterocycles. The molecule has 0 amide bonds. The third-order valence-electron chi connectivity index (χ3n) is 4.13. The van der Waals surface area contributed by atoms with Crippen LogP contribution in [-0.4, -0.2) is 18.5 Å². The highest BCUT2D eigenvalue weighted by atomic mass is 19.1. The van der Waals surface area contributed by atoms with E-state index >= 15 is 0 Å². The summed E-state index contributed by atoms with van der Waals surface area (Å²) in [7, 11) is 0. The number of allylic oxidation sites excluding steroid dienone is 4. The van der Waals surface area contributed by atoms with Crippen LogP contribution >= 0.6 is 0 Å². The fourth-order valence-electron chi connectivity index (χ4n) is 2.77. The van der Waals surface area contributed by atoms with Gasteiger partial charge in [-0.2, -0.15) is 9.59 Å². The molecule has 2 rings (SSSR count). The summed E-state index contributed by atoms with van der Waals surface area (Å²) in [6.45, 7) is 8.30. The van der Waals surface area contributed by atoms with Gasteiger partial charge in [-0.3, -0.25) is 0 Å². The van der Waals surface area contributed by atoms with E-state index in [1.807, 2.05) is 13.8 Å². The first-order valence-corrected chi connectivity index (χ1v) is 7.97. The van der Waals surface area contributed by atoms with E-state index in [1.54, 1.807) is 0 Å². The van der Waals surface area contributed by atoms with Crippen LogP contribution in [0, 0.1) is 23.7 Å². The van der Waals surface area contributed by atoms with Crippen LogP contribution in [0.4, 0.5) is 8.78 Å². The van der Waals surface area contributed by atoms with Crippen molar-refractivity contribution in [2.75, 3.05) is 0 Å². The van der Waals surface area contributed by atoms with Crippen molar-refractivity contribution in [2.45, 2.75) is 59.3 Å². The Morgan fingerprint density at radius 2 is 1.45 bits per heavy atom. The monoisotopic (exact) mass is 314 g/mol. The maximum absolute atomic E-state index is 12.8. The lowest BCUT2D eigenvalue weighted by molar-refractivity contribution is -0.191. The molecule has 2 aliphatic rings. The van der Waals surface area contributed by atoms with Crippen molar-refractivity contribution in [1.29, 1.82) is 0 Å². The second-order valence-corrected chi connectivity index (χ2v) is 6.45. The summed E-state index contributed by atoms with van der Waals surface area (Å²) >= 11 is 0. The standard InChI is InChI=1S/C9H16.C8H12F2.CO2/c1-8(2)9-6-4-3-5-7-9;1-5(2)8-6(9)3-4-7(8)10;2-1-3/h4,6,8-9H,3,5,7H2,1-2H3;3-8H,1-2H3;. The SMILES string of the molecule is CC(C)C1C(F)C=CC1F.CC(C)C1C=CCCC1.O=C=O. The Balaban J connectivity index is 0.000000342. The van der Waals surface area contributed by atoms with Crippen molar-refractivity contribution in [2.24, 2.45) is 23.7 Å². The lowest BCUT2D eigenvalue weighted by Gasteiger charge is -2.19. The van der Waals surface area contributed by atoms with Gasteiger partial charge in [0.1, 0.15) is 12.3 Å². The fraction of sp³-hybridized carbons (Fsp3) is 0.722. The molecular formula is C18H28F2O2. The van der Waals surface area contributed by atoms with Crippen molar-refractivity contribution in [3.63, 3.8) is 0 Å². The van der Waals surface area contributed by atoms with Crippen molar-refractivity contribution in [3.8, 4) is 0 Å². The van der Waals surface area contributed by atoms with E-state index in [-0.39, 0.29) is 12.1 Å². The Labute approximate surface area is 132 Å². The van der Waals surface area contributed by atoms with Crippen molar-refractivity contribution >= 4 is 6.15 Å². The number of alkyl halides is 2. The maximum atomic E-state index is 12.8. The summed E-state index contributed by atoms with van der Waals surface area (Å²) in [5, 5.41) is 0. The summed E-state index contributed by atoms with van der Waals surface area (Å²) in [5.74, 6) is 1.36. The van der Waals surface area contributed by atoms with Crippen LogP contribution in [-0.2, 0) is 9.59 Å². The molecule has 0 radical (unpaired) electrons. The lowest BCUT2D eigenvalue weighted by atomic mass is 9.87. The minimum atomic E-state index is -1.07. The van der Waals surface area contributed by atoms with Gasteiger partial charge in [-0.1, -0.05) is 52.0 Å². The van der Waals surface area contributed by atoms with Gasteiger partial charge in [-0.15, -0.1) is 0 Å². The van der Waals surface area contributed by atoms with E-state index in [4.69, 9.17) is 9.59 Å². The van der Waals surface area contributed by atoms with Gasteiger partial charge in [0.15, 0.2) is 0 Å². The van der Waals surface area contributed by atoms with Gasteiger partial charge in [0.05, 0.1) is 0 Å². The van der Waals surface area contributed by atoms with E-state index in [0.717, 1.165) is 11.8 Å². The van der Waals surface area contributed by atoms with Crippen LogP contribution in [0.5, 0.6) is 0 Å². The Morgan fingerprint density at radius 3 is 1.68 bits per heavy atom. The smallest absolute Gasteiger partial charge is 0.243 e. The maximum Gasteiger partial charge on any atom is 0.373 e. The molecule has 22 heavy (non-hydrogen) atoms. The third-order valence-corrected chi connectivity index (χ3v) is 4.13. The van der Waals surface area contributed by atoms with E-state index in [0.29, 0.717) is 0 Å². The zero-order chi connectivity index (χ0) is 17.1. The largest absolute Gasteiger partial charge is 0.373 e. The molecule has 0 fully saturated rings. The first kappa shape index (κ1) is 20.7. The highest BCUT2D eigenvalue weighted by molar-refractivity contribution is 5.20.